The Bertz CT molecular complexity index is 506. The summed E-state index contributed by atoms with van der Waals surface area (Å²) in [6.45, 7) is 7.65. The fourth-order valence-corrected chi connectivity index (χ4v) is 2.59. The van der Waals surface area contributed by atoms with Crippen LogP contribution in [0.15, 0.2) is 22.1 Å². The number of hydrogen-bond acceptors (Lipinski definition) is 5. The summed E-state index contributed by atoms with van der Waals surface area (Å²) in [5.74, 6) is 1.04. The van der Waals surface area contributed by atoms with Crippen LogP contribution in [0.25, 0.3) is 0 Å². The second-order valence-electron chi connectivity index (χ2n) is 4.68. The first kappa shape index (κ1) is 14.2. The number of nitrogens with one attached hydrogen (secondary N) is 1. The highest BCUT2D eigenvalue weighted by molar-refractivity contribution is 7.09. The Hall–Kier alpha value is -1.17. The summed E-state index contributed by atoms with van der Waals surface area (Å²) in [6, 6.07) is 2.04. The molecule has 0 atom stereocenters. The van der Waals surface area contributed by atoms with Gasteiger partial charge in [-0.1, -0.05) is 6.92 Å². The minimum absolute atomic E-state index is 0.810. The van der Waals surface area contributed by atoms with Crippen molar-refractivity contribution in [2.75, 3.05) is 13.6 Å². The van der Waals surface area contributed by atoms with E-state index >= 15 is 0 Å². The third-order valence-electron chi connectivity index (χ3n) is 2.92. The molecule has 4 nitrogen and oxygen atoms in total. The highest BCUT2D eigenvalue weighted by Crippen LogP contribution is 2.15. The molecule has 1 N–H and O–H groups in total. The lowest BCUT2D eigenvalue weighted by Crippen LogP contribution is -2.19. The molecule has 0 unspecified atom stereocenters. The molecular formula is C14H21N3OS. The molecule has 0 radical (unpaired) electrons. The van der Waals surface area contributed by atoms with E-state index in [4.69, 9.17) is 4.42 Å². The number of rotatable bonds is 7. The molecule has 0 aromatic carbocycles. The van der Waals surface area contributed by atoms with Gasteiger partial charge in [0.2, 0.25) is 0 Å². The van der Waals surface area contributed by atoms with Gasteiger partial charge in [0.15, 0.2) is 0 Å². The summed E-state index contributed by atoms with van der Waals surface area (Å²) in [6.07, 6.45) is 1.77. The average molecular weight is 279 g/mol. The maximum absolute atomic E-state index is 5.58. The van der Waals surface area contributed by atoms with Crippen molar-refractivity contribution >= 4 is 11.3 Å². The van der Waals surface area contributed by atoms with E-state index in [-0.39, 0.29) is 0 Å². The Morgan fingerprint density at radius 2 is 2.26 bits per heavy atom. The average Bonchev–Trinajstić information content (AvgIpc) is 2.96. The van der Waals surface area contributed by atoms with Crippen LogP contribution in [0.5, 0.6) is 0 Å². The first-order valence-electron chi connectivity index (χ1n) is 6.54. The molecule has 0 saturated carbocycles. The van der Waals surface area contributed by atoms with Crippen LogP contribution >= 0.6 is 11.3 Å². The first-order chi connectivity index (χ1) is 9.19. The Kier molecular flexibility index (Phi) is 5.13. The van der Waals surface area contributed by atoms with E-state index in [0.717, 1.165) is 42.6 Å². The van der Waals surface area contributed by atoms with E-state index in [2.05, 4.69) is 34.6 Å². The highest BCUT2D eigenvalue weighted by atomic mass is 32.1. The van der Waals surface area contributed by atoms with Gasteiger partial charge in [0.05, 0.1) is 23.5 Å². The third kappa shape index (κ3) is 4.16. The van der Waals surface area contributed by atoms with Crippen LogP contribution in [0.2, 0.25) is 0 Å². The molecule has 0 fully saturated rings. The van der Waals surface area contributed by atoms with Crippen molar-refractivity contribution in [1.82, 2.24) is 15.2 Å². The molecular weight excluding hydrogens is 258 g/mol. The molecule has 0 saturated heterocycles. The molecule has 104 valence electrons. The quantitative estimate of drug-likeness (QED) is 0.846. The predicted molar refractivity (Wildman–Crippen MR) is 78.1 cm³/mol. The largest absolute Gasteiger partial charge is 0.468 e. The number of furan rings is 1. The van der Waals surface area contributed by atoms with Crippen LogP contribution in [0.1, 0.15) is 28.9 Å². The first-order valence-corrected chi connectivity index (χ1v) is 7.42. The van der Waals surface area contributed by atoms with E-state index in [1.165, 1.54) is 5.56 Å². The van der Waals surface area contributed by atoms with Crippen molar-refractivity contribution < 1.29 is 4.42 Å². The van der Waals surface area contributed by atoms with Crippen LogP contribution in [-0.2, 0) is 19.6 Å². The van der Waals surface area contributed by atoms with Crippen molar-refractivity contribution in [2.45, 2.75) is 33.5 Å². The molecule has 2 rings (SSSR count). The molecule has 0 aliphatic heterocycles. The van der Waals surface area contributed by atoms with E-state index in [1.807, 2.05) is 13.0 Å². The predicted octanol–water partition coefficient (Wildman–Crippen LogP) is 2.79. The Balaban J connectivity index is 1.91. The maximum Gasteiger partial charge on any atom is 0.122 e. The summed E-state index contributed by atoms with van der Waals surface area (Å²) in [5, 5.41) is 6.57. The SMILES string of the molecule is CCNCc1ccoc1CN(C)Cc1csc(C)n1. The van der Waals surface area contributed by atoms with E-state index < -0.39 is 0 Å². The molecule has 0 spiro atoms. The Morgan fingerprint density at radius 3 is 2.95 bits per heavy atom. The van der Waals surface area contributed by atoms with Gasteiger partial charge in [0, 0.05) is 24.0 Å². The van der Waals surface area contributed by atoms with Gasteiger partial charge in [-0.2, -0.15) is 0 Å². The van der Waals surface area contributed by atoms with Gasteiger partial charge in [0.25, 0.3) is 0 Å². The molecule has 0 bridgehead atoms. The fourth-order valence-electron chi connectivity index (χ4n) is 1.98. The zero-order valence-corrected chi connectivity index (χ0v) is 12.6. The monoisotopic (exact) mass is 279 g/mol. The molecule has 0 aliphatic carbocycles. The van der Waals surface area contributed by atoms with Crippen molar-refractivity contribution in [3.63, 3.8) is 0 Å². The van der Waals surface area contributed by atoms with Gasteiger partial charge in [-0.15, -0.1) is 11.3 Å². The van der Waals surface area contributed by atoms with Crippen LogP contribution in [0.4, 0.5) is 0 Å². The molecule has 0 aliphatic rings. The summed E-state index contributed by atoms with van der Waals surface area (Å²) in [7, 11) is 2.09. The van der Waals surface area contributed by atoms with Crippen LogP contribution in [-0.4, -0.2) is 23.5 Å². The van der Waals surface area contributed by atoms with Crippen LogP contribution in [0, 0.1) is 6.92 Å². The number of aryl methyl sites for hydroxylation is 1. The number of aromatic nitrogens is 1. The van der Waals surface area contributed by atoms with Gasteiger partial charge in [-0.3, -0.25) is 4.90 Å². The zero-order valence-electron chi connectivity index (χ0n) is 11.8. The summed E-state index contributed by atoms with van der Waals surface area (Å²) in [5.41, 5.74) is 2.37. The molecule has 2 heterocycles. The summed E-state index contributed by atoms with van der Waals surface area (Å²) in [4.78, 5) is 6.71. The Labute approximate surface area is 118 Å². The zero-order chi connectivity index (χ0) is 13.7. The van der Waals surface area contributed by atoms with E-state index in [1.54, 1.807) is 17.6 Å². The lowest BCUT2D eigenvalue weighted by atomic mass is 10.2. The number of thiazole rings is 1. The normalized spacial score (nSPS) is 11.4. The van der Waals surface area contributed by atoms with Gasteiger partial charge >= 0.3 is 0 Å². The smallest absolute Gasteiger partial charge is 0.122 e. The van der Waals surface area contributed by atoms with E-state index in [0.29, 0.717) is 0 Å². The van der Waals surface area contributed by atoms with Gasteiger partial charge in [-0.05, 0) is 26.6 Å². The minimum atomic E-state index is 0.810. The second-order valence-corrected chi connectivity index (χ2v) is 5.74. The minimum Gasteiger partial charge on any atom is -0.468 e. The molecule has 2 aromatic heterocycles. The van der Waals surface area contributed by atoms with Crippen LogP contribution < -0.4 is 5.32 Å². The van der Waals surface area contributed by atoms with Gasteiger partial charge < -0.3 is 9.73 Å². The van der Waals surface area contributed by atoms with Gasteiger partial charge in [-0.25, -0.2) is 4.98 Å². The molecule has 5 heteroatoms. The van der Waals surface area contributed by atoms with Gasteiger partial charge in [0.1, 0.15) is 5.76 Å². The molecule has 19 heavy (non-hydrogen) atoms. The second kappa shape index (κ2) is 6.84. The van der Waals surface area contributed by atoms with Crippen molar-refractivity contribution in [2.24, 2.45) is 0 Å². The lowest BCUT2D eigenvalue weighted by Gasteiger charge is -2.14. The van der Waals surface area contributed by atoms with E-state index in [9.17, 15) is 0 Å². The highest BCUT2D eigenvalue weighted by Gasteiger charge is 2.10. The van der Waals surface area contributed by atoms with Crippen molar-refractivity contribution in [3.05, 3.63) is 39.7 Å². The number of hydrogen-bond donors (Lipinski definition) is 1. The standard InChI is InChI=1S/C14H21N3OS/c1-4-15-7-12-5-6-18-14(12)9-17(3)8-13-10-19-11(2)16-13/h5-6,10,15H,4,7-9H2,1-3H3. The molecule has 0 amide bonds. The number of nitrogens with zero attached hydrogens (tertiary/aromatic N) is 2. The summed E-state index contributed by atoms with van der Waals surface area (Å²) < 4.78 is 5.58. The molecule has 2 aromatic rings. The Morgan fingerprint density at radius 1 is 1.42 bits per heavy atom. The topological polar surface area (TPSA) is 41.3 Å². The maximum atomic E-state index is 5.58. The third-order valence-corrected chi connectivity index (χ3v) is 3.74. The fraction of sp³-hybridized carbons (Fsp3) is 0.500. The lowest BCUT2D eigenvalue weighted by molar-refractivity contribution is 0.283. The van der Waals surface area contributed by atoms with Crippen LogP contribution in [0.3, 0.4) is 0 Å². The summed E-state index contributed by atoms with van der Waals surface area (Å²) >= 11 is 1.70. The van der Waals surface area contributed by atoms with Crippen molar-refractivity contribution in [1.29, 1.82) is 0 Å². The van der Waals surface area contributed by atoms with Crippen molar-refractivity contribution in [3.8, 4) is 0 Å².